The van der Waals surface area contributed by atoms with Crippen molar-refractivity contribution in [3.63, 3.8) is 0 Å². The fourth-order valence-corrected chi connectivity index (χ4v) is 4.26. The number of piperazine rings is 1. The summed E-state index contributed by atoms with van der Waals surface area (Å²) in [5, 5.41) is 2.80. The van der Waals surface area contributed by atoms with Crippen LogP contribution in [0, 0.1) is 0 Å². The van der Waals surface area contributed by atoms with Gasteiger partial charge in [0.2, 0.25) is 5.91 Å². The third kappa shape index (κ3) is 6.01. The maximum atomic E-state index is 12.9. The first kappa shape index (κ1) is 23.9. The molecule has 8 nitrogen and oxygen atoms in total. The molecule has 2 aromatic carbocycles. The quantitative estimate of drug-likeness (QED) is 0.587. The van der Waals surface area contributed by atoms with Crippen LogP contribution in [0.3, 0.4) is 0 Å². The molecule has 2 heterocycles. The molecule has 3 atom stereocenters. The molecule has 4 rings (SSSR count). The highest BCUT2D eigenvalue weighted by molar-refractivity contribution is 5.97. The fraction of sp³-hybridized carbons (Fsp3) is 0.423. The largest absolute Gasteiger partial charge is 0.349 e. The molecule has 0 radical (unpaired) electrons. The van der Waals surface area contributed by atoms with E-state index < -0.39 is 24.2 Å². The molecule has 0 bridgehead atoms. The lowest BCUT2D eigenvalue weighted by Crippen LogP contribution is -2.51. The molecule has 3 amide bonds. The molecule has 34 heavy (non-hydrogen) atoms. The van der Waals surface area contributed by atoms with E-state index >= 15 is 0 Å². The van der Waals surface area contributed by atoms with Crippen LogP contribution in [-0.2, 0) is 32.1 Å². The lowest BCUT2D eigenvalue weighted by Gasteiger charge is -2.34. The summed E-state index contributed by atoms with van der Waals surface area (Å²) < 4.78 is 5.47. The lowest BCUT2D eigenvalue weighted by molar-refractivity contribution is -0.135. The van der Waals surface area contributed by atoms with Crippen LogP contribution >= 0.6 is 0 Å². The molecule has 0 saturated carbocycles. The molecule has 1 N–H and O–H groups in total. The van der Waals surface area contributed by atoms with Crippen molar-refractivity contribution in [1.29, 1.82) is 0 Å². The summed E-state index contributed by atoms with van der Waals surface area (Å²) in [6.07, 6.45) is -1.24. The number of likely N-dealkylation sites (N-methyl/N-ethyl adjacent to an activating group) is 1. The highest BCUT2D eigenvalue weighted by Crippen LogP contribution is 2.25. The van der Waals surface area contributed by atoms with E-state index in [1.165, 1.54) is 10.5 Å². The van der Waals surface area contributed by atoms with E-state index in [4.69, 9.17) is 4.74 Å². The first-order valence-corrected chi connectivity index (χ1v) is 11.7. The number of rotatable bonds is 8. The van der Waals surface area contributed by atoms with Crippen LogP contribution in [0.5, 0.6) is 0 Å². The Morgan fingerprint density at radius 2 is 1.50 bits per heavy atom. The van der Waals surface area contributed by atoms with Crippen molar-refractivity contribution in [3.8, 4) is 0 Å². The van der Waals surface area contributed by atoms with Gasteiger partial charge in [-0.15, -0.1) is 0 Å². The molecule has 8 heteroatoms. The zero-order chi connectivity index (χ0) is 24.1. The summed E-state index contributed by atoms with van der Waals surface area (Å²) in [5.74, 6) is -0.773. The average molecular weight is 465 g/mol. The summed E-state index contributed by atoms with van der Waals surface area (Å²) in [7, 11) is 3.31. The number of carbonyl (C=O) groups is 3. The van der Waals surface area contributed by atoms with E-state index in [0.717, 1.165) is 25.2 Å². The topological polar surface area (TPSA) is 85.5 Å². The molecule has 2 fully saturated rings. The molecule has 0 unspecified atom stereocenters. The lowest BCUT2D eigenvalue weighted by atomic mass is 10.0. The Morgan fingerprint density at radius 1 is 0.912 bits per heavy atom. The Hall–Kier alpha value is -3.23. The van der Waals surface area contributed by atoms with Gasteiger partial charge >= 0.3 is 0 Å². The van der Waals surface area contributed by atoms with Crippen LogP contribution in [0.15, 0.2) is 60.7 Å². The second-order valence-corrected chi connectivity index (χ2v) is 9.05. The molecule has 2 aliphatic rings. The number of amides is 3. The van der Waals surface area contributed by atoms with Gasteiger partial charge in [-0.3, -0.25) is 19.3 Å². The molecule has 180 valence electrons. The van der Waals surface area contributed by atoms with E-state index in [2.05, 4.69) is 22.3 Å². The molecule has 2 aliphatic heterocycles. The van der Waals surface area contributed by atoms with Crippen LogP contribution in [0.1, 0.15) is 11.1 Å². The van der Waals surface area contributed by atoms with Gasteiger partial charge in [-0.05, 0) is 11.1 Å². The molecule has 0 spiro atoms. The Balaban J connectivity index is 1.27. The maximum Gasteiger partial charge on any atom is 0.255 e. The predicted molar refractivity (Wildman–Crippen MR) is 128 cm³/mol. The van der Waals surface area contributed by atoms with E-state index in [1.54, 1.807) is 19.0 Å². The average Bonchev–Trinajstić information content (AvgIpc) is 3.66. The van der Waals surface area contributed by atoms with Crippen molar-refractivity contribution in [3.05, 3.63) is 71.8 Å². The van der Waals surface area contributed by atoms with Gasteiger partial charge in [-0.25, -0.2) is 0 Å². The van der Waals surface area contributed by atoms with E-state index in [1.807, 2.05) is 48.5 Å². The normalized spacial score (nSPS) is 20.9. The van der Waals surface area contributed by atoms with Crippen LogP contribution < -0.4 is 5.32 Å². The van der Waals surface area contributed by atoms with Crippen LogP contribution in [0.25, 0.3) is 0 Å². The second-order valence-electron chi connectivity index (χ2n) is 9.05. The highest BCUT2D eigenvalue weighted by Gasteiger charge is 2.52. The predicted octanol–water partition coefficient (Wildman–Crippen LogP) is 0.914. The summed E-state index contributed by atoms with van der Waals surface area (Å²) >= 11 is 0. The van der Waals surface area contributed by atoms with Crippen LogP contribution in [0.4, 0.5) is 0 Å². The smallest absolute Gasteiger partial charge is 0.255 e. The molecular formula is C26H32N4O4. The molecule has 2 aromatic rings. The summed E-state index contributed by atoms with van der Waals surface area (Å²) in [6.45, 7) is 3.63. The van der Waals surface area contributed by atoms with Gasteiger partial charge in [0.15, 0.2) is 12.2 Å². The summed E-state index contributed by atoms with van der Waals surface area (Å²) in [4.78, 5) is 43.9. The van der Waals surface area contributed by atoms with Crippen molar-refractivity contribution >= 4 is 17.7 Å². The minimum atomic E-state index is -0.844. The third-order valence-corrected chi connectivity index (χ3v) is 6.26. The van der Waals surface area contributed by atoms with Gasteiger partial charge in [-0.1, -0.05) is 60.7 Å². The number of ether oxygens (including phenoxy) is 1. The molecule has 2 saturated heterocycles. The number of nitrogens with zero attached hydrogens (tertiary/aromatic N) is 3. The van der Waals surface area contributed by atoms with Crippen molar-refractivity contribution in [2.75, 3.05) is 40.3 Å². The minimum Gasteiger partial charge on any atom is -0.349 e. The molecule has 0 aromatic heterocycles. The molecule has 0 aliphatic carbocycles. The van der Waals surface area contributed by atoms with Crippen molar-refractivity contribution in [1.82, 2.24) is 20.0 Å². The summed E-state index contributed by atoms with van der Waals surface area (Å²) in [6, 6.07) is 19.1. The maximum absolute atomic E-state index is 12.9. The van der Waals surface area contributed by atoms with Crippen LogP contribution in [-0.4, -0.2) is 90.9 Å². The minimum absolute atomic E-state index is 0.155. The number of hydrogen-bond acceptors (Lipinski definition) is 5. The van der Waals surface area contributed by atoms with Crippen molar-refractivity contribution in [2.24, 2.45) is 0 Å². The number of epoxide rings is 1. The van der Waals surface area contributed by atoms with E-state index in [9.17, 15) is 14.4 Å². The second kappa shape index (κ2) is 10.8. The van der Waals surface area contributed by atoms with Gasteiger partial charge in [0.1, 0.15) is 6.04 Å². The Labute approximate surface area is 200 Å². The first-order valence-electron chi connectivity index (χ1n) is 11.7. The number of carbonyl (C=O) groups excluding carboxylic acids is 3. The summed E-state index contributed by atoms with van der Waals surface area (Å²) in [5.41, 5.74) is 2.20. The monoisotopic (exact) mass is 464 g/mol. The van der Waals surface area contributed by atoms with Gasteiger partial charge in [0.25, 0.3) is 11.8 Å². The number of hydrogen-bond donors (Lipinski definition) is 1. The van der Waals surface area contributed by atoms with Crippen LogP contribution in [0.2, 0.25) is 0 Å². The zero-order valence-electron chi connectivity index (χ0n) is 19.7. The standard InChI is InChI=1S/C26H32N4O4/c1-28(2)25(32)21(17-19-9-5-3-6-10-19)27-24(31)22-23(34-22)26(33)30-15-13-29(14-16-30)18-20-11-7-4-8-12-20/h3-12,21-23H,13-18H2,1-2H3,(H,27,31)/t21-,22-,23-/m0/s1. The number of nitrogens with one attached hydrogen (secondary N) is 1. The van der Waals surface area contributed by atoms with Gasteiger partial charge in [-0.2, -0.15) is 0 Å². The Bertz CT molecular complexity index is 990. The van der Waals surface area contributed by atoms with Gasteiger partial charge < -0.3 is 19.9 Å². The first-order chi connectivity index (χ1) is 16.4. The van der Waals surface area contributed by atoms with Gasteiger partial charge in [0, 0.05) is 53.2 Å². The fourth-order valence-electron chi connectivity index (χ4n) is 4.26. The number of benzene rings is 2. The van der Waals surface area contributed by atoms with E-state index in [0.29, 0.717) is 19.5 Å². The zero-order valence-corrected chi connectivity index (χ0v) is 19.7. The van der Waals surface area contributed by atoms with Crippen molar-refractivity contribution < 1.29 is 19.1 Å². The Kier molecular flexibility index (Phi) is 7.59. The highest BCUT2D eigenvalue weighted by atomic mass is 16.6. The van der Waals surface area contributed by atoms with Gasteiger partial charge in [0.05, 0.1) is 0 Å². The van der Waals surface area contributed by atoms with E-state index in [-0.39, 0.29) is 11.8 Å². The third-order valence-electron chi connectivity index (χ3n) is 6.26. The Morgan fingerprint density at radius 3 is 2.09 bits per heavy atom. The SMILES string of the molecule is CN(C)C(=O)[C@H](Cc1ccccc1)NC(=O)[C@H]1O[C@@H]1C(=O)N1CCN(Cc2ccccc2)CC1. The van der Waals surface area contributed by atoms with Crippen molar-refractivity contribution in [2.45, 2.75) is 31.2 Å². The molecular weight excluding hydrogens is 432 g/mol.